The van der Waals surface area contributed by atoms with E-state index in [0.717, 1.165) is 5.56 Å². The third-order valence-electron chi connectivity index (χ3n) is 4.11. The second-order valence-electron chi connectivity index (χ2n) is 5.60. The van der Waals surface area contributed by atoms with Gasteiger partial charge in [-0.05, 0) is 18.9 Å². The maximum absolute atomic E-state index is 12.9. The van der Waals surface area contributed by atoms with Crippen molar-refractivity contribution in [3.8, 4) is 11.5 Å². The zero-order chi connectivity index (χ0) is 19.1. The van der Waals surface area contributed by atoms with Crippen LogP contribution < -0.4 is 9.47 Å². The summed E-state index contributed by atoms with van der Waals surface area (Å²) in [7, 11) is 2.81. The topological polar surface area (TPSA) is 81.9 Å². The fourth-order valence-corrected chi connectivity index (χ4v) is 2.67. The highest BCUT2D eigenvalue weighted by Crippen LogP contribution is 2.35. The average molecular weight is 358 g/mol. The molecular formula is C19H22N2O5. The molecule has 0 unspecified atom stereocenters. The number of likely N-dealkylation sites (N-methyl/N-ethyl adjacent to an activating group) is 1. The second kappa shape index (κ2) is 8.84. The molecule has 0 bridgehead atoms. The molecule has 2 aromatic rings. The van der Waals surface area contributed by atoms with Crippen molar-refractivity contribution in [2.24, 2.45) is 0 Å². The monoisotopic (exact) mass is 358 g/mol. The maximum Gasteiger partial charge on any atom is 0.286 e. The Morgan fingerprint density at radius 2 is 1.73 bits per heavy atom. The summed E-state index contributed by atoms with van der Waals surface area (Å²) in [6.45, 7) is 2.75. The molecule has 0 fully saturated rings. The summed E-state index contributed by atoms with van der Waals surface area (Å²) in [5, 5.41) is 11.4. The molecule has 0 aliphatic heterocycles. The van der Waals surface area contributed by atoms with Crippen molar-refractivity contribution in [2.75, 3.05) is 27.3 Å². The van der Waals surface area contributed by atoms with Crippen LogP contribution in [-0.2, 0) is 6.42 Å². The summed E-state index contributed by atoms with van der Waals surface area (Å²) in [6.07, 6.45) is 0.668. The summed E-state index contributed by atoms with van der Waals surface area (Å²) in [5.41, 5.74) is 0.786. The van der Waals surface area contributed by atoms with Crippen LogP contribution >= 0.6 is 0 Å². The van der Waals surface area contributed by atoms with Crippen LogP contribution in [0.3, 0.4) is 0 Å². The number of methoxy groups -OCH3 is 2. The molecule has 1 amide bonds. The molecule has 0 radical (unpaired) electrons. The van der Waals surface area contributed by atoms with Gasteiger partial charge in [-0.25, -0.2) is 0 Å². The smallest absolute Gasteiger partial charge is 0.286 e. The fraction of sp³-hybridized carbons (Fsp3) is 0.316. The molecule has 0 aliphatic rings. The first kappa shape index (κ1) is 19.2. The molecule has 7 heteroatoms. The normalized spacial score (nSPS) is 10.3. The highest BCUT2D eigenvalue weighted by atomic mass is 16.6. The van der Waals surface area contributed by atoms with E-state index < -0.39 is 10.8 Å². The van der Waals surface area contributed by atoms with Gasteiger partial charge in [-0.1, -0.05) is 30.3 Å². The minimum Gasteiger partial charge on any atom is -0.493 e. The van der Waals surface area contributed by atoms with Gasteiger partial charge in [0.2, 0.25) is 0 Å². The Hall–Kier alpha value is -3.09. The van der Waals surface area contributed by atoms with Gasteiger partial charge in [0.25, 0.3) is 11.6 Å². The molecule has 26 heavy (non-hydrogen) atoms. The number of nitro benzene ring substituents is 1. The van der Waals surface area contributed by atoms with E-state index in [1.54, 1.807) is 4.90 Å². The molecule has 0 N–H and O–H groups in total. The average Bonchev–Trinajstić information content (AvgIpc) is 2.67. The van der Waals surface area contributed by atoms with E-state index in [-0.39, 0.29) is 22.7 Å². The number of hydrogen-bond acceptors (Lipinski definition) is 5. The van der Waals surface area contributed by atoms with Crippen molar-refractivity contribution in [3.63, 3.8) is 0 Å². The zero-order valence-electron chi connectivity index (χ0n) is 15.1. The van der Waals surface area contributed by atoms with Crippen LogP contribution in [0.2, 0.25) is 0 Å². The summed E-state index contributed by atoms with van der Waals surface area (Å²) >= 11 is 0. The van der Waals surface area contributed by atoms with Gasteiger partial charge in [0.1, 0.15) is 5.56 Å². The number of hydrogen-bond donors (Lipinski definition) is 0. The van der Waals surface area contributed by atoms with Crippen LogP contribution in [0.4, 0.5) is 5.69 Å². The van der Waals surface area contributed by atoms with Crippen LogP contribution in [0, 0.1) is 10.1 Å². The lowest BCUT2D eigenvalue weighted by atomic mass is 10.1. The van der Waals surface area contributed by atoms with Crippen LogP contribution in [0.15, 0.2) is 42.5 Å². The van der Waals surface area contributed by atoms with Gasteiger partial charge in [-0.2, -0.15) is 0 Å². The van der Waals surface area contributed by atoms with Crippen molar-refractivity contribution < 1.29 is 19.2 Å². The predicted octanol–water partition coefficient (Wildman–Crippen LogP) is 3.32. The fourth-order valence-electron chi connectivity index (χ4n) is 2.67. The molecule has 2 aromatic carbocycles. The Kier molecular flexibility index (Phi) is 6.54. The standard InChI is InChI=1S/C19H22N2O5/c1-4-20(11-10-14-8-6-5-7-9-14)19(22)15-12-17(25-2)18(26-3)13-16(15)21(23)24/h5-9,12-13H,4,10-11H2,1-3H3. The molecule has 0 saturated heterocycles. The van der Waals surface area contributed by atoms with Crippen molar-refractivity contribution in [1.82, 2.24) is 4.90 Å². The highest BCUT2D eigenvalue weighted by Gasteiger charge is 2.27. The second-order valence-corrected chi connectivity index (χ2v) is 5.60. The Morgan fingerprint density at radius 3 is 2.27 bits per heavy atom. The first-order valence-electron chi connectivity index (χ1n) is 8.25. The van der Waals surface area contributed by atoms with Gasteiger partial charge in [-0.15, -0.1) is 0 Å². The van der Waals surface area contributed by atoms with Gasteiger partial charge >= 0.3 is 0 Å². The minimum atomic E-state index is -0.583. The van der Waals surface area contributed by atoms with Gasteiger partial charge in [0.05, 0.1) is 25.2 Å². The number of benzene rings is 2. The van der Waals surface area contributed by atoms with E-state index in [0.29, 0.717) is 19.5 Å². The van der Waals surface area contributed by atoms with E-state index in [1.165, 1.54) is 26.4 Å². The van der Waals surface area contributed by atoms with Crippen LogP contribution in [-0.4, -0.2) is 43.0 Å². The number of ether oxygens (including phenoxy) is 2. The first-order chi connectivity index (χ1) is 12.5. The van der Waals surface area contributed by atoms with E-state index in [4.69, 9.17) is 9.47 Å². The van der Waals surface area contributed by atoms with Crippen LogP contribution in [0.1, 0.15) is 22.8 Å². The largest absolute Gasteiger partial charge is 0.493 e. The third-order valence-corrected chi connectivity index (χ3v) is 4.11. The SMILES string of the molecule is CCN(CCc1ccccc1)C(=O)c1cc(OC)c(OC)cc1[N+](=O)[O-]. The van der Waals surface area contributed by atoms with Gasteiger partial charge < -0.3 is 14.4 Å². The minimum absolute atomic E-state index is 0.0115. The van der Waals surface area contributed by atoms with Crippen LogP contribution in [0.25, 0.3) is 0 Å². The van der Waals surface area contributed by atoms with Crippen molar-refractivity contribution in [1.29, 1.82) is 0 Å². The number of amides is 1. The van der Waals surface area contributed by atoms with E-state index >= 15 is 0 Å². The molecule has 7 nitrogen and oxygen atoms in total. The molecule has 0 heterocycles. The zero-order valence-corrected chi connectivity index (χ0v) is 15.1. The van der Waals surface area contributed by atoms with Crippen molar-refractivity contribution in [3.05, 3.63) is 63.7 Å². The number of carbonyl (C=O) groups excluding carboxylic acids is 1. The Bertz CT molecular complexity index is 777. The van der Waals surface area contributed by atoms with Crippen molar-refractivity contribution >= 4 is 11.6 Å². The van der Waals surface area contributed by atoms with Gasteiger partial charge in [0, 0.05) is 19.2 Å². The summed E-state index contributed by atoms with van der Waals surface area (Å²) < 4.78 is 10.3. The molecule has 0 atom stereocenters. The molecule has 0 aliphatic carbocycles. The quantitative estimate of drug-likeness (QED) is 0.534. The number of rotatable bonds is 8. The summed E-state index contributed by atoms with van der Waals surface area (Å²) in [6, 6.07) is 12.4. The number of nitro groups is 1. The highest BCUT2D eigenvalue weighted by molar-refractivity contribution is 5.99. The van der Waals surface area contributed by atoms with E-state index in [1.807, 2.05) is 37.3 Å². The lowest BCUT2D eigenvalue weighted by Gasteiger charge is -2.21. The summed E-state index contributed by atoms with van der Waals surface area (Å²) in [4.78, 5) is 25.3. The lowest BCUT2D eigenvalue weighted by molar-refractivity contribution is -0.385. The number of nitrogens with zero attached hydrogens (tertiary/aromatic N) is 2. The molecular weight excluding hydrogens is 336 g/mol. The number of carbonyl (C=O) groups is 1. The van der Waals surface area contributed by atoms with Gasteiger partial charge in [-0.3, -0.25) is 14.9 Å². The molecule has 2 rings (SSSR count). The Morgan fingerprint density at radius 1 is 1.12 bits per heavy atom. The molecule has 0 saturated carbocycles. The predicted molar refractivity (Wildman–Crippen MR) is 97.9 cm³/mol. The third kappa shape index (κ3) is 4.30. The summed E-state index contributed by atoms with van der Waals surface area (Å²) in [5.74, 6) is 0.0831. The van der Waals surface area contributed by atoms with Gasteiger partial charge in [0.15, 0.2) is 11.5 Å². The molecule has 0 spiro atoms. The lowest BCUT2D eigenvalue weighted by Crippen LogP contribution is -2.33. The Balaban J connectivity index is 2.31. The van der Waals surface area contributed by atoms with E-state index in [9.17, 15) is 14.9 Å². The van der Waals surface area contributed by atoms with Crippen LogP contribution in [0.5, 0.6) is 11.5 Å². The first-order valence-corrected chi connectivity index (χ1v) is 8.25. The molecule has 0 aromatic heterocycles. The Labute approximate surface area is 152 Å². The maximum atomic E-state index is 12.9. The van der Waals surface area contributed by atoms with E-state index in [2.05, 4.69) is 0 Å². The van der Waals surface area contributed by atoms with Crippen molar-refractivity contribution in [2.45, 2.75) is 13.3 Å². The molecule has 138 valence electrons.